The summed E-state index contributed by atoms with van der Waals surface area (Å²) >= 11 is 0. The molecular weight excluding hydrogens is 288 g/mol. The fourth-order valence-corrected chi connectivity index (χ4v) is 3.43. The van der Waals surface area contributed by atoms with E-state index < -0.39 is 10.0 Å². The van der Waals surface area contributed by atoms with Crippen molar-refractivity contribution < 1.29 is 8.42 Å². The third kappa shape index (κ3) is 4.18. The minimum Gasteiger partial charge on any atom is -0.352 e. The number of nitrogens with zero attached hydrogens (tertiary/aromatic N) is 2. The van der Waals surface area contributed by atoms with Crippen LogP contribution in [0.5, 0.6) is 0 Å². The molecule has 0 unspecified atom stereocenters. The summed E-state index contributed by atoms with van der Waals surface area (Å²) in [5.74, 6) is 0.851. The van der Waals surface area contributed by atoms with Crippen molar-refractivity contribution in [2.45, 2.75) is 31.3 Å². The Bertz CT molecular complexity index is 626. The Labute approximate surface area is 126 Å². The SMILES string of the molecule is CC(C)NS(=O)(=O)c1cccc(CNC2=NCCN2C)c1. The van der Waals surface area contributed by atoms with Gasteiger partial charge in [0.25, 0.3) is 0 Å². The van der Waals surface area contributed by atoms with Gasteiger partial charge in [-0.25, -0.2) is 13.1 Å². The molecular formula is C14H22N4O2S. The van der Waals surface area contributed by atoms with Crippen molar-refractivity contribution in [1.29, 1.82) is 0 Å². The van der Waals surface area contributed by atoms with Crippen molar-refractivity contribution in [2.24, 2.45) is 4.99 Å². The number of nitrogens with one attached hydrogen (secondary N) is 2. The number of hydrogen-bond donors (Lipinski definition) is 2. The van der Waals surface area contributed by atoms with Crippen molar-refractivity contribution in [3.8, 4) is 0 Å². The first-order valence-corrected chi connectivity index (χ1v) is 8.47. The maximum atomic E-state index is 12.1. The maximum Gasteiger partial charge on any atom is 0.240 e. The molecule has 2 N–H and O–H groups in total. The third-order valence-electron chi connectivity index (χ3n) is 3.11. The molecule has 1 aromatic rings. The van der Waals surface area contributed by atoms with Gasteiger partial charge in [0.05, 0.1) is 11.4 Å². The summed E-state index contributed by atoms with van der Waals surface area (Å²) in [6.07, 6.45) is 0. The molecule has 0 bridgehead atoms. The average molecular weight is 310 g/mol. The van der Waals surface area contributed by atoms with E-state index in [1.165, 1.54) is 0 Å². The van der Waals surface area contributed by atoms with Crippen LogP contribution in [0.2, 0.25) is 0 Å². The Morgan fingerprint density at radius 3 is 2.76 bits per heavy atom. The molecule has 1 aromatic carbocycles. The van der Waals surface area contributed by atoms with Crippen molar-refractivity contribution >= 4 is 16.0 Å². The van der Waals surface area contributed by atoms with E-state index in [9.17, 15) is 8.42 Å². The minimum atomic E-state index is -3.45. The second kappa shape index (κ2) is 6.44. The molecule has 1 aliphatic rings. The van der Waals surface area contributed by atoms with E-state index in [0.29, 0.717) is 6.54 Å². The Hall–Kier alpha value is -1.60. The zero-order chi connectivity index (χ0) is 15.5. The molecule has 0 saturated heterocycles. The topological polar surface area (TPSA) is 73.8 Å². The molecule has 0 saturated carbocycles. The summed E-state index contributed by atoms with van der Waals surface area (Å²) < 4.78 is 26.9. The van der Waals surface area contributed by atoms with Gasteiger partial charge in [0, 0.05) is 26.2 Å². The summed E-state index contributed by atoms with van der Waals surface area (Å²) in [4.78, 5) is 6.67. The quantitative estimate of drug-likeness (QED) is 0.842. The van der Waals surface area contributed by atoms with Gasteiger partial charge in [-0.2, -0.15) is 0 Å². The van der Waals surface area contributed by atoms with Crippen molar-refractivity contribution in [3.63, 3.8) is 0 Å². The Balaban J connectivity index is 2.07. The van der Waals surface area contributed by atoms with Gasteiger partial charge < -0.3 is 10.2 Å². The smallest absolute Gasteiger partial charge is 0.240 e. The lowest BCUT2D eigenvalue weighted by Gasteiger charge is -2.15. The lowest BCUT2D eigenvalue weighted by molar-refractivity contribution is 0.534. The molecule has 116 valence electrons. The molecule has 0 radical (unpaired) electrons. The fourth-order valence-electron chi connectivity index (χ4n) is 2.11. The van der Waals surface area contributed by atoms with Gasteiger partial charge >= 0.3 is 0 Å². The number of rotatable bonds is 5. The van der Waals surface area contributed by atoms with Crippen LogP contribution in [0.15, 0.2) is 34.2 Å². The molecule has 0 aromatic heterocycles. The minimum absolute atomic E-state index is 0.127. The van der Waals surface area contributed by atoms with Crippen LogP contribution in [0.25, 0.3) is 0 Å². The van der Waals surface area contributed by atoms with E-state index in [1.807, 2.05) is 18.0 Å². The fraction of sp³-hybridized carbons (Fsp3) is 0.500. The molecule has 0 fully saturated rings. The predicted molar refractivity (Wildman–Crippen MR) is 83.7 cm³/mol. The van der Waals surface area contributed by atoms with Gasteiger partial charge in [0.15, 0.2) is 5.96 Å². The Kier molecular flexibility index (Phi) is 4.84. The first-order valence-electron chi connectivity index (χ1n) is 6.99. The van der Waals surface area contributed by atoms with E-state index in [-0.39, 0.29) is 10.9 Å². The number of aliphatic imine (C=N–C) groups is 1. The zero-order valence-corrected chi connectivity index (χ0v) is 13.4. The van der Waals surface area contributed by atoms with Crippen LogP contribution >= 0.6 is 0 Å². The summed E-state index contributed by atoms with van der Waals surface area (Å²) in [5.41, 5.74) is 0.907. The first kappa shape index (κ1) is 15.8. The van der Waals surface area contributed by atoms with Crippen LogP contribution in [-0.4, -0.2) is 45.5 Å². The maximum absolute atomic E-state index is 12.1. The van der Waals surface area contributed by atoms with Crippen LogP contribution < -0.4 is 10.0 Å². The van der Waals surface area contributed by atoms with E-state index >= 15 is 0 Å². The van der Waals surface area contributed by atoms with E-state index in [1.54, 1.807) is 32.0 Å². The summed E-state index contributed by atoms with van der Waals surface area (Å²) in [7, 11) is -1.47. The predicted octanol–water partition coefficient (Wildman–Crippen LogP) is 0.764. The van der Waals surface area contributed by atoms with Crippen molar-refractivity contribution in [3.05, 3.63) is 29.8 Å². The largest absolute Gasteiger partial charge is 0.352 e. The summed E-state index contributed by atoms with van der Waals surface area (Å²) in [5, 5.41) is 3.23. The highest BCUT2D eigenvalue weighted by Crippen LogP contribution is 2.12. The number of sulfonamides is 1. The van der Waals surface area contributed by atoms with Crippen LogP contribution in [0.4, 0.5) is 0 Å². The van der Waals surface area contributed by atoms with Crippen LogP contribution in [-0.2, 0) is 16.6 Å². The average Bonchev–Trinajstić information content (AvgIpc) is 2.81. The number of benzene rings is 1. The van der Waals surface area contributed by atoms with E-state index in [0.717, 1.165) is 24.6 Å². The lowest BCUT2D eigenvalue weighted by atomic mass is 10.2. The van der Waals surface area contributed by atoms with Gasteiger partial charge in [-0.15, -0.1) is 0 Å². The molecule has 2 rings (SSSR count). The van der Waals surface area contributed by atoms with Crippen LogP contribution in [0.1, 0.15) is 19.4 Å². The second-order valence-corrected chi connectivity index (χ2v) is 7.12. The highest BCUT2D eigenvalue weighted by molar-refractivity contribution is 7.89. The van der Waals surface area contributed by atoms with Gasteiger partial charge in [-0.3, -0.25) is 4.99 Å². The van der Waals surface area contributed by atoms with Gasteiger partial charge in [0.1, 0.15) is 0 Å². The van der Waals surface area contributed by atoms with Gasteiger partial charge in [-0.05, 0) is 31.5 Å². The first-order chi connectivity index (χ1) is 9.88. The van der Waals surface area contributed by atoms with E-state index in [2.05, 4.69) is 15.0 Å². The third-order valence-corrected chi connectivity index (χ3v) is 4.77. The van der Waals surface area contributed by atoms with Crippen LogP contribution in [0.3, 0.4) is 0 Å². The van der Waals surface area contributed by atoms with Crippen molar-refractivity contribution in [2.75, 3.05) is 20.1 Å². The standard InChI is InChI=1S/C14H22N4O2S/c1-11(2)17-21(19,20)13-6-4-5-12(9-13)10-16-14-15-7-8-18(14)3/h4-6,9,11,17H,7-8,10H2,1-3H3,(H,15,16). The number of hydrogen-bond acceptors (Lipinski definition) is 5. The highest BCUT2D eigenvalue weighted by atomic mass is 32.2. The molecule has 0 amide bonds. The van der Waals surface area contributed by atoms with Crippen LogP contribution in [0, 0.1) is 0 Å². The lowest BCUT2D eigenvalue weighted by Crippen LogP contribution is -2.35. The Morgan fingerprint density at radius 2 is 2.14 bits per heavy atom. The monoisotopic (exact) mass is 310 g/mol. The molecule has 0 spiro atoms. The summed E-state index contributed by atoms with van der Waals surface area (Å²) in [6, 6.07) is 6.82. The number of guanidine groups is 1. The highest BCUT2D eigenvalue weighted by Gasteiger charge is 2.16. The molecule has 21 heavy (non-hydrogen) atoms. The molecule has 1 aliphatic heterocycles. The van der Waals surface area contributed by atoms with Crippen molar-refractivity contribution in [1.82, 2.24) is 14.9 Å². The molecule has 6 nitrogen and oxygen atoms in total. The molecule has 1 heterocycles. The second-order valence-electron chi connectivity index (χ2n) is 5.40. The van der Waals surface area contributed by atoms with Gasteiger partial charge in [0.2, 0.25) is 10.0 Å². The summed E-state index contributed by atoms with van der Waals surface area (Å²) in [6.45, 7) is 5.86. The zero-order valence-electron chi connectivity index (χ0n) is 12.6. The molecule has 7 heteroatoms. The number of likely N-dealkylation sites (N-methyl/N-ethyl adjacent to an activating group) is 1. The molecule has 0 aliphatic carbocycles. The molecule has 0 atom stereocenters. The van der Waals surface area contributed by atoms with E-state index in [4.69, 9.17) is 0 Å². The van der Waals surface area contributed by atoms with Gasteiger partial charge in [-0.1, -0.05) is 12.1 Å². The Morgan fingerprint density at radius 1 is 1.38 bits per heavy atom. The normalized spacial score (nSPS) is 15.4.